The van der Waals surface area contributed by atoms with Crippen LogP contribution in [0.15, 0.2) is 10.2 Å². The summed E-state index contributed by atoms with van der Waals surface area (Å²) in [7, 11) is 3.77. The van der Waals surface area contributed by atoms with Crippen LogP contribution in [0.3, 0.4) is 0 Å². The zero-order valence-corrected chi connectivity index (χ0v) is 6.75. The van der Waals surface area contributed by atoms with E-state index in [1.54, 1.807) is 0 Å². The summed E-state index contributed by atoms with van der Waals surface area (Å²) in [6, 6.07) is 0. The minimum absolute atomic E-state index is 0.120. The van der Waals surface area contributed by atoms with Crippen molar-refractivity contribution < 1.29 is 0 Å². The maximum absolute atomic E-state index is 5.11. The molecule has 0 atom stereocenters. The van der Waals surface area contributed by atoms with Crippen LogP contribution in [0.1, 0.15) is 13.3 Å². The van der Waals surface area contributed by atoms with Crippen LogP contribution in [0.5, 0.6) is 0 Å². The van der Waals surface area contributed by atoms with Crippen LogP contribution in [0.4, 0.5) is 0 Å². The molecule has 0 aliphatic carbocycles. The van der Waals surface area contributed by atoms with Gasteiger partial charge in [-0.2, -0.15) is 10.2 Å². The SMILES string of the molecule is C#CCN([CH2])CCC1(C)N=N1. The smallest absolute Gasteiger partial charge is 0.189 e. The average Bonchev–Trinajstić information content (AvgIpc) is 2.66. The van der Waals surface area contributed by atoms with Gasteiger partial charge in [-0.1, -0.05) is 5.92 Å². The number of nitrogens with zero attached hydrogens (tertiary/aromatic N) is 3. The second kappa shape index (κ2) is 3.02. The number of terminal acetylenes is 1. The standard InChI is InChI=1S/C8H12N3/c1-4-6-11(3)7-5-8(2)9-10-8/h1H,3,5-7H2,2H3. The van der Waals surface area contributed by atoms with E-state index in [2.05, 4.69) is 23.2 Å². The highest BCUT2D eigenvalue weighted by molar-refractivity contribution is 4.91. The molecule has 0 aromatic heterocycles. The van der Waals surface area contributed by atoms with Gasteiger partial charge in [0.25, 0.3) is 0 Å². The quantitative estimate of drug-likeness (QED) is 0.555. The van der Waals surface area contributed by atoms with Crippen LogP contribution in [-0.4, -0.2) is 23.7 Å². The van der Waals surface area contributed by atoms with Crippen LogP contribution in [0.25, 0.3) is 0 Å². The van der Waals surface area contributed by atoms with E-state index in [-0.39, 0.29) is 5.66 Å². The van der Waals surface area contributed by atoms with Crippen molar-refractivity contribution in [1.29, 1.82) is 0 Å². The third kappa shape index (κ3) is 2.69. The van der Waals surface area contributed by atoms with E-state index in [1.807, 2.05) is 11.8 Å². The highest BCUT2D eigenvalue weighted by Gasteiger charge is 2.33. The molecular weight excluding hydrogens is 138 g/mol. The summed E-state index contributed by atoms with van der Waals surface area (Å²) >= 11 is 0. The Kier molecular flexibility index (Phi) is 2.25. The molecule has 0 saturated heterocycles. The fourth-order valence-corrected chi connectivity index (χ4v) is 0.763. The Morgan fingerprint density at radius 3 is 2.73 bits per heavy atom. The fourth-order valence-electron chi connectivity index (χ4n) is 0.763. The molecule has 1 radical (unpaired) electrons. The van der Waals surface area contributed by atoms with Crippen molar-refractivity contribution in [2.24, 2.45) is 10.2 Å². The molecule has 59 valence electrons. The first-order valence-corrected chi connectivity index (χ1v) is 3.59. The summed E-state index contributed by atoms with van der Waals surface area (Å²) in [6.07, 6.45) is 6.02. The molecule has 0 aromatic rings. The van der Waals surface area contributed by atoms with Crippen LogP contribution in [0, 0.1) is 19.4 Å². The Bertz CT molecular complexity index is 196. The van der Waals surface area contributed by atoms with Gasteiger partial charge in [0.15, 0.2) is 5.66 Å². The van der Waals surface area contributed by atoms with Gasteiger partial charge in [0, 0.05) is 20.0 Å². The van der Waals surface area contributed by atoms with Crippen LogP contribution in [-0.2, 0) is 0 Å². The van der Waals surface area contributed by atoms with Crippen molar-refractivity contribution in [3.63, 3.8) is 0 Å². The topological polar surface area (TPSA) is 28.0 Å². The zero-order valence-electron chi connectivity index (χ0n) is 6.75. The molecule has 3 nitrogen and oxygen atoms in total. The Morgan fingerprint density at radius 1 is 1.64 bits per heavy atom. The van der Waals surface area contributed by atoms with E-state index >= 15 is 0 Å². The molecule has 1 heterocycles. The third-order valence-corrected chi connectivity index (χ3v) is 1.66. The molecule has 0 bridgehead atoms. The molecule has 1 rings (SSSR count). The lowest BCUT2D eigenvalue weighted by Gasteiger charge is -2.13. The normalized spacial score (nSPS) is 18.4. The Hall–Kier alpha value is -0.880. The van der Waals surface area contributed by atoms with Crippen molar-refractivity contribution in [2.45, 2.75) is 19.0 Å². The van der Waals surface area contributed by atoms with Crippen LogP contribution < -0.4 is 0 Å². The Morgan fingerprint density at radius 2 is 2.27 bits per heavy atom. The third-order valence-electron chi connectivity index (χ3n) is 1.66. The fraction of sp³-hybridized carbons (Fsp3) is 0.625. The maximum atomic E-state index is 5.11. The van der Waals surface area contributed by atoms with Crippen molar-refractivity contribution in [1.82, 2.24) is 4.90 Å². The van der Waals surface area contributed by atoms with Crippen molar-refractivity contribution in [3.05, 3.63) is 7.05 Å². The van der Waals surface area contributed by atoms with E-state index in [9.17, 15) is 0 Å². The van der Waals surface area contributed by atoms with Crippen LogP contribution >= 0.6 is 0 Å². The number of hydrogen-bond acceptors (Lipinski definition) is 3. The van der Waals surface area contributed by atoms with Crippen LogP contribution in [0.2, 0.25) is 0 Å². The average molecular weight is 150 g/mol. The zero-order chi connectivity index (χ0) is 8.32. The van der Waals surface area contributed by atoms with E-state index < -0.39 is 0 Å². The molecule has 1 aliphatic heterocycles. The number of rotatable bonds is 4. The molecule has 11 heavy (non-hydrogen) atoms. The highest BCUT2D eigenvalue weighted by Crippen LogP contribution is 2.30. The molecule has 0 fully saturated rings. The van der Waals surface area contributed by atoms with Gasteiger partial charge in [-0.25, -0.2) is 0 Å². The monoisotopic (exact) mass is 150 g/mol. The summed E-state index contributed by atoms with van der Waals surface area (Å²) in [4.78, 5) is 1.84. The first kappa shape index (κ1) is 8.22. The lowest BCUT2D eigenvalue weighted by molar-refractivity contribution is 0.379. The van der Waals surface area contributed by atoms with Gasteiger partial charge in [0.05, 0.1) is 6.54 Å². The Labute approximate surface area is 67.5 Å². The molecule has 0 aromatic carbocycles. The van der Waals surface area contributed by atoms with Gasteiger partial charge in [-0.15, -0.1) is 6.42 Å². The largest absolute Gasteiger partial charge is 0.291 e. The summed E-state index contributed by atoms with van der Waals surface area (Å²) in [5, 5.41) is 7.77. The first-order chi connectivity index (χ1) is 5.16. The minimum Gasteiger partial charge on any atom is -0.291 e. The maximum Gasteiger partial charge on any atom is 0.189 e. The Balaban J connectivity index is 2.08. The first-order valence-electron chi connectivity index (χ1n) is 3.59. The molecule has 0 unspecified atom stereocenters. The summed E-state index contributed by atoms with van der Waals surface area (Å²) in [6.45, 7) is 3.44. The second-order valence-corrected chi connectivity index (χ2v) is 2.92. The van der Waals surface area contributed by atoms with E-state index in [0.29, 0.717) is 6.54 Å². The molecule has 0 saturated carbocycles. The molecule has 0 N–H and O–H groups in total. The van der Waals surface area contributed by atoms with Gasteiger partial charge in [-0.3, -0.25) is 4.90 Å². The van der Waals surface area contributed by atoms with E-state index in [4.69, 9.17) is 6.42 Å². The van der Waals surface area contributed by atoms with Crippen molar-refractivity contribution in [2.75, 3.05) is 13.1 Å². The molecule has 1 aliphatic rings. The van der Waals surface area contributed by atoms with E-state index in [0.717, 1.165) is 13.0 Å². The molecular formula is C8H12N3. The van der Waals surface area contributed by atoms with Gasteiger partial charge < -0.3 is 0 Å². The van der Waals surface area contributed by atoms with E-state index in [1.165, 1.54) is 0 Å². The van der Waals surface area contributed by atoms with Crippen molar-refractivity contribution in [3.8, 4) is 12.3 Å². The van der Waals surface area contributed by atoms with Gasteiger partial charge in [0.1, 0.15) is 0 Å². The summed E-state index contributed by atoms with van der Waals surface area (Å²) in [5.41, 5.74) is -0.120. The predicted molar refractivity (Wildman–Crippen MR) is 43.6 cm³/mol. The summed E-state index contributed by atoms with van der Waals surface area (Å²) < 4.78 is 0. The van der Waals surface area contributed by atoms with Gasteiger partial charge in [0.2, 0.25) is 0 Å². The minimum atomic E-state index is -0.120. The number of hydrogen-bond donors (Lipinski definition) is 0. The summed E-state index contributed by atoms with van der Waals surface area (Å²) in [5.74, 6) is 2.53. The molecule has 3 heteroatoms. The van der Waals surface area contributed by atoms with Gasteiger partial charge in [-0.05, 0) is 6.92 Å². The lowest BCUT2D eigenvalue weighted by atomic mass is 10.2. The molecule has 0 amide bonds. The van der Waals surface area contributed by atoms with Gasteiger partial charge >= 0.3 is 0 Å². The highest BCUT2D eigenvalue weighted by atomic mass is 15.4. The predicted octanol–water partition coefficient (Wildman–Crippen LogP) is 1.29. The second-order valence-electron chi connectivity index (χ2n) is 2.92. The molecule has 0 spiro atoms. The lowest BCUT2D eigenvalue weighted by Crippen LogP contribution is -2.21. The van der Waals surface area contributed by atoms with Crippen molar-refractivity contribution >= 4 is 0 Å².